The van der Waals surface area contributed by atoms with Crippen LogP contribution in [0.25, 0.3) is 0 Å². The maximum atomic E-state index is 12.4. The average Bonchev–Trinajstić information content (AvgIpc) is 3.85. The van der Waals surface area contributed by atoms with Gasteiger partial charge in [-0.1, -0.05) is 126 Å². The number of carbonyl (C=O) groups excluding carboxylic acids is 2. The Morgan fingerprint density at radius 3 is 1.82 bits per heavy atom. The molecule has 1 aliphatic heterocycles. The number of unbranched alkanes of at least 4 members (excludes halogenated alkanes) is 13. The first-order valence-corrected chi connectivity index (χ1v) is 21.3. The molecule has 51 heavy (non-hydrogen) atoms. The first-order chi connectivity index (χ1) is 24.7. The zero-order chi connectivity index (χ0) is 37.3. The largest absolute Gasteiger partial charge is 0.469 e. The Morgan fingerprint density at radius 1 is 0.627 bits per heavy atom. The standard InChI is InChI=1S/C41H69O9P/c1-3-5-7-9-11-13-14-15-16-17-18-20-22-24-29-33-40(42)47-35-37(36-48-51(44,45)46)49-41(43)34-30-26-25-28-32-39-38(50-39)31-27-23-21-19-12-10-8-6-4-2/h12-16,19,23,25,27-28,37-39H,3-11,17-18,20-22,24,26,29-36H2,1-2H3,(H2,44,45,46)/b14-13-,16-15-,19-12-,27-23-,28-25-/t37-,38?,39?/m1/s1. The Labute approximate surface area is 309 Å². The summed E-state index contributed by atoms with van der Waals surface area (Å²) in [7, 11) is -4.78. The lowest BCUT2D eigenvalue weighted by molar-refractivity contribution is -0.161. The summed E-state index contributed by atoms with van der Waals surface area (Å²) in [4.78, 5) is 42.8. The molecule has 3 atom stereocenters. The number of epoxide rings is 1. The summed E-state index contributed by atoms with van der Waals surface area (Å²) in [5.74, 6) is -0.981. The predicted octanol–water partition coefficient (Wildman–Crippen LogP) is 10.7. The van der Waals surface area contributed by atoms with E-state index in [1.807, 2.05) is 6.08 Å². The van der Waals surface area contributed by atoms with Crippen molar-refractivity contribution in [2.45, 2.75) is 173 Å². The van der Waals surface area contributed by atoms with Gasteiger partial charge in [0.25, 0.3) is 0 Å². The van der Waals surface area contributed by atoms with Crippen molar-refractivity contribution in [3.8, 4) is 0 Å². The fourth-order valence-corrected chi connectivity index (χ4v) is 5.70. The molecule has 10 heteroatoms. The number of hydrogen-bond donors (Lipinski definition) is 2. The zero-order valence-electron chi connectivity index (χ0n) is 31.7. The number of ether oxygens (including phenoxy) is 3. The van der Waals surface area contributed by atoms with E-state index in [2.05, 4.69) is 73.1 Å². The molecule has 0 saturated carbocycles. The van der Waals surface area contributed by atoms with Crippen LogP contribution >= 0.6 is 7.82 Å². The highest BCUT2D eigenvalue weighted by molar-refractivity contribution is 7.46. The number of hydrogen-bond acceptors (Lipinski definition) is 7. The molecule has 1 rings (SSSR count). The highest BCUT2D eigenvalue weighted by Crippen LogP contribution is 2.36. The summed E-state index contributed by atoms with van der Waals surface area (Å²) in [6, 6.07) is 0. The number of carbonyl (C=O) groups is 2. The van der Waals surface area contributed by atoms with Crippen LogP contribution in [0, 0.1) is 0 Å². The Bertz CT molecular complexity index is 1080. The van der Waals surface area contributed by atoms with E-state index < -0.39 is 32.5 Å². The van der Waals surface area contributed by atoms with Gasteiger partial charge in [0.1, 0.15) is 6.61 Å². The van der Waals surface area contributed by atoms with Crippen LogP contribution in [-0.4, -0.2) is 53.3 Å². The van der Waals surface area contributed by atoms with Gasteiger partial charge in [-0.15, -0.1) is 0 Å². The summed E-state index contributed by atoms with van der Waals surface area (Å²) in [5.41, 5.74) is 0. The van der Waals surface area contributed by atoms with Gasteiger partial charge < -0.3 is 24.0 Å². The van der Waals surface area contributed by atoms with Gasteiger partial charge in [0.05, 0.1) is 18.8 Å². The first kappa shape index (κ1) is 46.7. The minimum Gasteiger partial charge on any atom is -0.462 e. The van der Waals surface area contributed by atoms with E-state index >= 15 is 0 Å². The van der Waals surface area contributed by atoms with Crippen molar-refractivity contribution >= 4 is 19.8 Å². The molecular weight excluding hydrogens is 667 g/mol. The molecule has 9 nitrogen and oxygen atoms in total. The molecule has 1 fully saturated rings. The third-order valence-corrected chi connectivity index (χ3v) is 8.92. The van der Waals surface area contributed by atoms with E-state index in [9.17, 15) is 14.2 Å². The molecule has 1 saturated heterocycles. The van der Waals surface area contributed by atoms with Gasteiger partial charge >= 0.3 is 19.8 Å². The second-order valence-corrected chi connectivity index (χ2v) is 14.6. The molecule has 2 N–H and O–H groups in total. The maximum Gasteiger partial charge on any atom is 0.469 e. The Balaban J connectivity index is 2.16. The van der Waals surface area contributed by atoms with Crippen molar-refractivity contribution in [1.82, 2.24) is 0 Å². The normalized spacial score (nSPS) is 17.1. The molecule has 0 aromatic carbocycles. The Morgan fingerprint density at radius 2 is 1.14 bits per heavy atom. The summed E-state index contributed by atoms with van der Waals surface area (Å²) < 4.78 is 32.0. The van der Waals surface area contributed by atoms with Crippen LogP contribution in [0.15, 0.2) is 60.8 Å². The highest BCUT2D eigenvalue weighted by Gasteiger charge is 2.36. The third-order valence-electron chi connectivity index (χ3n) is 8.44. The van der Waals surface area contributed by atoms with Gasteiger partial charge in [-0.3, -0.25) is 14.1 Å². The maximum absolute atomic E-state index is 12.4. The molecule has 1 heterocycles. The van der Waals surface area contributed by atoms with Crippen LogP contribution in [0.3, 0.4) is 0 Å². The molecule has 0 spiro atoms. The Kier molecular flexibility index (Phi) is 29.7. The third kappa shape index (κ3) is 32.1. The van der Waals surface area contributed by atoms with Crippen LogP contribution in [0.1, 0.15) is 155 Å². The Hall–Kier alpha value is -2.29. The minimum atomic E-state index is -4.78. The van der Waals surface area contributed by atoms with E-state index in [4.69, 9.17) is 24.0 Å². The molecule has 0 aromatic rings. The lowest BCUT2D eigenvalue weighted by Gasteiger charge is -2.18. The van der Waals surface area contributed by atoms with Crippen molar-refractivity contribution in [3.05, 3.63) is 60.8 Å². The average molecular weight is 737 g/mol. The minimum absolute atomic E-state index is 0.122. The van der Waals surface area contributed by atoms with Crippen molar-refractivity contribution in [2.24, 2.45) is 0 Å². The molecule has 0 aromatic heterocycles. The van der Waals surface area contributed by atoms with E-state index in [-0.39, 0.29) is 31.7 Å². The lowest BCUT2D eigenvalue weighted by Crippen LogP contribution is -2.29. The second kappa shape index (κ2) is 32.4. The van der Waals surface area contributed by atoms with E-state index in [0.29, 0.717) is 19.3 Å². The number of rotatable bonds is 34. The molecule has 0 aliphatic carbocycles. The number of allylic oxidation sites excluding steroid dienone is 8. The van der Waals surface area contributed by atoms with Crippen molar-refractivity contribution in [3.63, 3.8) is 0 Å². The fourth-order valence-electron chi connectivity index (χ4n) is 5.34. The molecule has 0 amide bonds. The molecule has 0 bridgehead atoms. The molecular formula is C41H69O9P. The second-order valence-electron chi connectivity index (χ2n) is 13.3. The topological polar surface area (TPSA) is 132 Å². The van der Waals surface area contributed by atoms with Gasteiger partial charge in [-0.05, 0) is 77.0 Å². The van der Waals surface area contributed by atoms with Gasteiger partial charge in [-0.25, -0.2) is 4.57 Å². The number of phosphoric ester groups is 1. The van der Waals surface area contributed by atoms with Crippen molar-refractivity contribution in [1.29, 1.82) is 0 Å². The summed E-state index contributed by atoms with van der Waals surface area (Å²) in [6.07, 6.45) is 42.5. The smallest absolute Gasteiger partial charge is 0.462 e. The first-order valence-electron chi connectivity index (χ1n) is 19.7. The molecule has 1 aliphatic rings. The summed E-state index contributed by atoms with van der Waals surface area (Å²) in [6.45, 7) is 3.55. The zero-order valence-corrected chi connectivity index (χ0v) is 32.6. The van der Waals surface area contributed by atoms with Gasteiger partial charge in [-0.2, -0.15) is 0 Å². The van der Waals surface area contributed by atoms with Gasteiger partial charge in [0, 0.05) is 12.8 Å². The lowest BCUT2D eigenvalue weighted by atomic mass is 10.1. The molecule has 2 unspecified atom stereocenters. The van der Waals surface area contributed by atoms with Crippen LogP contribution < -0.4 is 0 Å². The SMILES string of the molecule is CCCCC/C=C\C/C=C\CC1OC1C/C=C\CCCC(=O)O[C@H](COC(=O)CCCCCCC/C=C\C=C/CCCCCC)COP(=O)(O)O. The van der Waals surface area contributed by atoms with E-state index in [1.165, 1.54) is 44.9 Å². The van der Waals surface area contributed by atoms with E-state index in [0.717, 1.165) is 64.2 Å². The van der Waals surface area contributed by atoms with Crippen molar-refractivity contribution < 1.29 is 42.7 Å². The molecule has 292 valence electrons. The van der Waals surface area contributed by atoms with Crippen LogP contribution in [0.4, 0.5) is 0 Å². The number of esters is 2. The number of phosphoric acid groups is 1. The summed E-state index contributed by atoms with van der Waals surface area (Å²) in [5, 5.41) is 0. The fraction of sp³-hybridized carbons (Fsp3) is 0.707. The van der Waals surface area contributed by atoms with Gasteiger partial charge in [0.2, 0.25) is 0 Å². The highest BCUT2D eigenvalue weighted by atomic mass is 31.2. The quantitative estimate of drug-likeness (QED) is 0.0165. The van der Waals surface area contributed by atoms with E-state index in [1.54, 1.807) is 0 Å². The van der Waals surface area contributed by atoms with Crippen LogP contribution in [-0.2, 0) is 32.9 Å². The predicted molar refractivity (Wildman–Crippen MR) is 206 cm³/mol. The summed E-state index contributed by atoms with van der Waals surface area (Å²) >= 11 is 0. The monoisotopic (exact) mass is 736 g/mol. The van der Waals surface area contributed by atoms with Crippen LogP contribution in [0.2, 0.25) is 0 Å². The van der Waals surface area contributed by atoms with Gasteiger partial charge in [0.15, 0.2) is 6.10 Å². The van der Waals surface area contributed by atoms with Crippen LogP contribution in [0.5, 0.6) is 0 Å². The van der Waals surface area contributed by atoms with Crippen molar-refractivity contribution in [2.75, 3.05) is 13.2 Å². The molecule has 0 radical (unpaired) electrons.